The van der Waals surface area contributed by atoms with Crippen LogP contribution in [0.5, 0.6) is 17.2 Å². The molecule has 27 heavy (non-hydrogen) atoms. The predicted molar refractivity (Wildman–Crippen MR) is 96.4 cm³/mol. The summed E-state index contributed by atoms with van der Waals surface area (Å²) in [6.07, 6.45) is 1.47. The van der Waals surface area contributed by atoms with Crippen molar-refractivity contribution < 1.29 is 28.9 Å². The summed E-state index contributed by atoms with van der Waals surface area (Å²) in [6.45, 7) is -0.167. The van der Waals surface area contributed by atoms with E-state index in [2.05, 4.69) is 15.8 Å². The molecule has 2 aromatic rings. The quantitative estimate of drug-likeness (QED) is 0.475. The Morgan fingerprint density at radius 2 is 1.93 bits per heavy atom. The third-order valence-electron chi connectivity index (χ3n) is 3.47. The standard InChI is InChI=1S/C18H17N3O6/c22-17(9-19-13-3-6-15-16(7-13)27-11-26-15)21-20-8-12-1-4-14(5-2-12)25-10-18(23)24/h1-8,19H,9-11H2,(H,21,22)(H,23,24)/b20-8+. The Morgan fingerprint density at radius 3 is 2.70 bits per heavy atom. The zero-order valence-electron chi connectivity index (χ0n) is 14.2. The first-order valence-electron chi connectivity index (χ1n) is 8.00. The third kappa shape index (κ3) is 5.36. The molecule has 1 aliphatic heterocycles. The van der Waals surface area contributed by atoms with Gasteiger partial charge in [0.05, 0.1) is 12.8 Å². The maximum atomic E-state index is 11.8. The maximum absolute atomic E-state index is 11.8. The number of carboxylic acid groups (broad SMARTS) is 1. The van der Waals surface area contributed by atoms with Crippen LogP contribution in [0.3, 0.4) is 0 Å². The van der Waals surface area contributed by atoms with Crippen molar-refractivity contribution >= 4 is 23.8 Å². The van der Waals surface area contributed by atoms with E-state index in [9.17, 15) is 9.59 Å². The van der Waals surface area contributed by atoms with Gasteiger partial charge in [0, 0.05) is 11.8 Å². The minimum absolute atomic E-state index is 0.0406. The summed E-state index contributed by atoms with van der Waals surface area (Å²) in [6, 6.07) is 11.9. The van der Waals surface area contributed by atoms with Crippen molar-refractivity contribution in [2.75, 3.05) is 25.3 Å². The van der Waals surface area contributed by atoms with Gasteiger partial charge in [-0.15, -0.1) is 0 Å². The Morgan fingerprint density at radius 1 is 1.15 bits per heavy atom. The number of hydrazone groups is 1. The molecule has 0 unspecified atom stereocenters. The van der Waals surface area contributed by atoms with Crippen molar-refractivity contribution in [1.29, 1.82) is 0 Å². The number of amides is 1. The minimum Gasteiger partial charge on any atom is -0.482 e. The Bertz CT molecular complexity index is 851. The molecule has 9 nitrogen and oxygen atoms in total. The lowest BCUT2D eigenvalue weighted by Crippen LogP contribution is -2.25. The fraction of sp³-hybridized carbons (Fsp3) is 0.167. The van der Waals surface area contributed by atoms with Crippen LogP contribution < -0.4 is 25.0 Å². The fourth-order valence-corrected chi connectivity index (χ4v) is 2.20. The summed E-state index contributed by atoms with van der Waals surface area (Å²) in [5.41, 5.74) is 3.87. The van der Waals surface area contributed by atoms with Gasteiger partial charge in [-0.3, -0.25) is 4.79 Å². The zero-order chi connectivity index (χ0) is 19.1. The Kier molecular flexibility index (Phi) is 5.73. The predicted octanol–water partition coefficient (Wildman–Crippen LogP) is 1.44. The van der Waals surface area contributed by atoms with Gasteiger partial charge in [-0.05, 0) is 42.0 Å². The first kappa shape index (κ1) is 18.1. The molecular formula is C18H17N3O6. The average molecular weight is 371 g/mol. The topological polar surface area (TPSA) is 118 Å². The molecule has 1 heterocycles. The highest BCUT2D eigenvalue weighted by Crippen LogP contribution is 2.34. The van der Waals surface area contributed by atoms with E-state index < -0.39 is 12.6 Å². The van der Waals surface area contributed by atoms with E-state index >= 15 is 0 Å². The average Bonchev–Trinajstić information content (AvgIpc) is 3.13. The number of fused-ring (bicyclic) bond motifs is 1. The third-order valence-corrected chi connectivity index (χ3v) is 3.47. The normalized spacial score (nSPS) is 12.0. The van der Waals surface area contributed by atoms with Gasteiger partial charge in [-0.25, -0.2) is 10.2 Å². The van der Waals surface area contributed by atoms with E-state index in [1.54, 1.807) is 42.5 Å². The molecule has 0 radical (unpaired) electrons. The number of ether oxygens (including phenoxy) is 3. The monoisotopic (exact) mass is 371 g/mol. The van der Waals surface area contributed by atoms with Gasteiger partial charge in [0.2, 0.25) is 6.79 Å². The van der Waals surface area contributed by atoms with E-state index in [0.29, 0.717) is 17.2 Å². The first-order chi connectivity index (χ1) is 13.1. The second-order valence-electron chi connectivity index (χ2n) is 5.47. The van der Waals surface area contributed by atoms with Crippen molar-refractivity contribution in [3.63, 3.8) is 0 Å². The molecule has 3 N–H and O–H groups in total. The van der Waals surface area contributed by atoms with Crippen LogP contribution in [0.4, 0.5) is 5.69 Å². The highest BCUT2D eigenvalue weighted by Gasteiger charge is 2.13. The van der Waals surface area contributed by atoms with Crippen LogP contribution in [-0.4, -0.2) is 43.1 Å². The number of carboxylic acids is 1. The molecule has 0 spiro atoms. The van der Waals surface area contributed by atoms with Crippen molar-refractivity contribution in [3.8, 4) is 17.2 Å². The van der Waals surface area contributed by atoms with Crippen LogP contribution in [-0.2, 0) is 9.59 Å². The summed E-state index contributed by atoms with van der Waals surface area (Å²) in [4.78, 5) is 22.3. The lowest BCUT2D eigenvalue weighted by atomic mass is 10.2. The van der Waals surface area contributed by atoms with Gasteiger partial charge in [-0.1, -0.05) is 0 Å². The number of nitrogens with one attached hydrogen (secondary N) is 2. The minimum atomic E-state index is -1.04. The van der Waals surface area contributed by atoms with Crippen molar-refractivity contribution in [2.45, 2.75) is 0 Å². The van der Waals surface area contributed by atoms with Crippen LogP contribution >= 0.6 is 0 Å². The number of rotatable bonds is 8. The van der Waals surface area contributed by atoms with Gasteiger partial charge in [0.1, 0.15) is 5.75 Å². The SMILES string of the molecule is O=C(O)COc1ccc(/C=N/NC(=O)CNc2ccc3c(c2)OCO3)cc1. The fourth-order valence-electron chi connectivity index (χ4n) is 2.20. The van der Waals surface area contributed by atoms with Gasteiger partial charge < -0.3 is 24.6 Å². The summed E-state index contributed by atoms with van der Waals surface area (Å²) in [5.74, 6) is 0.387. The largest absolute Gasteiger partial charge is 0.482 e. The second-order valence-corrected chi connectivity index (χ2v) is 5.47. The molecule has 1 aliphatic rings. The number of benzene rings is 2. The summed E-state index contributed by atoms with van der Waals surface area (Å²) in [5, 5.41) is 15.4. The van der Waals surface area contributed by atoms with Crippen LogP contribution in [0.25, 0.3) is 0 Å². The molecule has 0 aromatic heterocycles. The van der Waals surface area contributed by atoms with Gasteiger partial charge in [0.15, 0.2) is 18.1 Å². The molecule has 0 atom stereocenters. The Hall–Kier alpha value is -3.75. The second kappa shape index (κ2) is 8.56. The maximum Gasteiger partial charge on any atom is 0.341 e. The molecule has 0 aliphatic carbocycles. The van der Waals surface area contributed by atoms with Crippen molar-refractivity contribution in [1.82, 2.24) is 5.43 Å². The van der Waals surface area contributed by atoms with Gasteiger partial charge in [0.25, 0.3) is 5.91 Å². The molecule has 140 valence electrons. The molecule has 0 saturated heterocycles. The molecule has 3 rings (SSSR count). The smallest absolute Gasteiger partial charge is 0.341 e. The van der Waals surface area contributed by atoms with Crippen molar-refractivity contribution in [2.24, 2.45) is 5.10 Å². The van der Waals surface area contributed by atoms with Gasteiger partial charge >= 0.3 is 5.97 Å². The molecule has 9 heteroatoms. The molecule has 0 saturated carbocycles. The number of hydrogen-bond donors (Lipinski definition) is 3. The van der Waals surface area contributed by atoms with Crippen LogP contribution in [0.1, 0.15) is 5.56 Å². The Labute approximate surface area is 154 Å². The summed E-state index contributed by atoms with van der Waals surface area (Å²) >= 11 is 0. The van der Waals surface area contributed by atoms with E-state index in [1.807, 2.05) is 0 Å². The van der Waals surface area contributed by atoms with Crippen molar-refractivity contribution in [3.05, 3.63) is 48.0 Å². The van der Waals surface area contributed by atoms with Crippen LogP contribution in [0.15, 0.2) is 47.6 Å². The zero-order valence-corrected chi connectivity index (χ0v) is 14.2. The number of carbonyl (C=O) groups excluding carboxylic acids is 1. The number of hydrogen-bond acceptors (Lipinski definition) is 7. The van der Waals surface area contributed by atoms with Crippen LogP contribution in [0, 0.1) is 0 Å². The number of nitrogens with zero attached hydrogens (tertiary/aromatic N) is 1. The van der Waals surface area contributed by atoms with E-state index in [1.165, 1.54) is 6.21 Å². The van der Waals surface area contributed by atoms with E-state index in [-0.39, 0.29) is 19.2 Å². The highest BCUT2D eigenvalue weighted by molar-refractivity contribution is 5.84. The number of carbonyl (C=O) groups is 2. The lowest BCUT2D eigenvalue weighted by Gasteiger charge is -2.06. The Balaban J connectivity index is 1.42. The summed E-state index contributed by atoms with van der Waals surface area (Å²) < 4.78 is 15.5. The summed E-state index contributed by atoms with van der Waals surface area (Å²) in [7, 11) is 0. The number of aliphatic carboxylic acids is 1. The molecule has 2 aromatic carbocycles. The van der Waals surface area contributed by atoms with Crippen LogP contribution in [0.2, 0.25) is 0 Å². The van der Waals surface area contributed by atoms with Gasteiger partial charge in [-0.2, -0.15) is 5.10 Å². The molecule has 1 amide bonds. The first-order valence-corrected chi connectivity index (χ1v) is 8.00. The molecular weight excluding hydrogens is 354 g/mol. The molecule has 0 bridgehead atoms. The van der Waals surface area contributed by atoms with E-state index in [0.717, 1.165) is 11.3 Å². The van der Waals surface area contributed by atoms with E-state index in [4.69, 9.17) is 19.3 Å². The highest BCUT2D eigenvalue weighted by atomic mass is 16.7. The molecule has 0 fully saturated rings. The number of anilines is 1. The lowest BCUT2D eigenvalue weighted by molar-refractivity contribution is -0.139.